The van der Waals surface area contributed by atoms with Crippen LogP contribution >= 0.6 is 11.8 Å². The van der Waals surface area contributed by atoms with Crippen LogP contribution in [0.5, 0.6) is 0 Å². The van der Waals surface area contributed by atoms with Crippen molar-refractivity contribution in [2.75, 3.05) is 23.8 Å². The number of nitrogens with two attached hydrogens (primary N) is 1. The van der Waals surface area contributed by atoms with Crippen LogP contribution in [0.4, 0.5) is 5.69 Å². The molecule has 1 rings (SSSR count). The zero-order valence-electron chi connectivity index (χ0n) is 11.6. The number of para-hydroxylation sites is 1. The van der Waals surface area contributed by atoms with Gasteiger partial charge >= 0.3 is 0 Å². The van der Waals surface area contributed by atoms with E-state index in [1.54, 1.807) is 13.0 Å². The van der Waals surface area contributed by atoms with Crippen molar-refractivity contribution in [3.63, 3.8) is 0 Å². The van der Waals surface area contributed by atoms with Crippen molar-refractivity contribution in [2.45, 2.75) is 30.8 Å². The third-order valence-electron chi connectivity index (χ3n) is 2.65. The summed E-state index contributed by atoms with van der Waals surface area (Å²) < 4.78 is 26.0. The van der Waals surface area contributed by atoms with Gasteiger partial charge in [-0.3, -0.25) is 0 Å². The van der Waals surface area contributed by atoms with Crippen LogP contribution in [0.2, 0.25) is 0 Å². The number of rotatable bonds is 9. The molecule has 1 atom stereocenters. The van der Waals surface area contributed by atoms with Crippen LogP contribution in [0.15, 0.2) is 29.2 Å². The molecule has 0 saturated carbocycles. The van der Waals surface area contributed by atoms with Crippen LogP contribution in [-0.2, 0) is 10.0 Å². The van der Waals surface area contributed by atoms with Crippen molar-refractivity contribution in [3.8, 4) is 0 Å². The maximum Gasteiger partial charge on any atom is 0.212 e. The fraction of sp³-hybridized carbons (Fsp3) is 0.538. The second kappa shape index (κ2) is 8.51. The Morgan fingerprint density at radius 2 is 2.10 bits per heavy atom. The van der Waals surface area contributed by atoms with Crippen LogP contribution in [0.1, 0.15) is 19.8 Å². The number of sulfonamides is 1. The number of nitrogens with one attached hydrogen (secondary N) is 1. The van der Waals surface area contributed by atoms with E-state index < -0.39 is 16.1 Å². The highest BCUT2D eigenvalue weighted by molar-refractivity contribution is 8.00. The second-order valence-electron chi connectivity index (χ2n) is 4.59. The molecule has 0 aliphatic rings. The first-order valence-electron chi connectivity index (χ1n) is 6.53. The van der Waals surface area contributed by atoms with Gasteiger partial charge in [-0.15, -0.1) is 11.8 Å². The van der Waals surface area contributed by atoms with Gasteiger partial charge < -0.3 is 10.8 Å². The molecule has 0 saturated heterocycles. The lowest BCUT2D eigenvalue weighted by Crippen LogP contribution is -2.28. The van der Waals surface area contributed by atoms with Gasteiger partial charge in [0.1, 0.15) is 0 Å². The molecule has 0 spiro atoms. The molecule has 0 aliphatic carbocycles. The number of aliphatic hydroxyl groups is 1. The standard InChI is InChI=1S/C13H22N2O3S2/c1-11(16)5-4-8-15-20(17,18)10-9-19-13-7-3-2-6-12(13)14/h2-3,6-7,11,15-16H,4-5,8-10,14H2,1H3. The van der Waals surface area contributed by atoms with Crippen LogP contribution in [-0.4, -0.2) is 37.7 Å². The molecular formula is C13H22N2O3S2. The highest BCUT2D eigenvalue weighted by Crippen LogP contribution is 2.24. The van der Waals surface area contributed by atoms with Gasteiger partial charge in [0.2, 0.25) is 10.0 Å². The summed E-state index contributed by atoms with van der Waals surface area (Å²) in [6, 6.07) is 7.40. The lowest BCUT2D eigenvalue weighted by atomic mass is 10.2. The smallest absolute Gasteiger partial charge is 0.212 e. The minimum absolute atomic E-state index is 0.0562. The third-order valence-corrected chi connectivity index (χ3v) is 5.38. The van der Waals surface area contributed by atoms with E-state index in [2.05, 4.69) is 4.72 Å². The maximum atomic E-state index is 11.7. The molecular weight excluding hydrogens is 296 g/mol. The molecule has 0 aliphatic heterocycles. The third kappa shape index (κ3) is 7.14. The summed E-state index contributed by atoms with van der Waals surface area (Å²) in [6.07, 6.45) is 0.837. The van der Waals surface area contributed by atoms with E-state index in [4.69, 9.17) is 10.8 Å². The molecule has 1 aromatic carbocycles. The molecule has 1 aromatic rings. The normalized spacial score (nSPS) is 13.3. The molecule has 0 aromatic heterocycles. The Bertz CT molecular complexity index is 504. The average molecular weight is 318 g/mol. The summed E-state index contributed by atoms with van der Waals surface area (Å²) >= 11 is 1.43. The van der Waals surface area contributed by atoms with Crippen LogP contribution in [0.25, 0.3) is 0 Å². The molecule has 0 fully saturated rings. The summed E-state index contributed by atoms with van der Waals surface area (Å²) in [6.45, 7) is 2.06. The van der Waals surface area contributed by atoms with E-state index in [0.717, 1.165) is 4.90 Å². The summed E-state index contributed by atoms with van der Waals surface area (Å²) in [5.74, 6) is 0.515. The van der Waals surface area contributed by atoms with Crippen molar-refractivity contribution < 1.29 is 13.5 Å². The highest BCUT2D eigenvalue weighted by atomic mass is 32.2. The van der Waals surface area contributed by atoms with Gasteiger partial charge in [-0.1, -0.05) is 12.1 Å². The van der Waals surface area contributed by atoms with E-state index in [0.29, 0.717) is 30.8 Å². The topological polar surface area (TPSA) is 92.4 Å². The summed E-state index contributed by atoms with van der Waals surface area (Å²) in [5, 5.41) is 9.08. The summed E-state index contributed by atoms with van der Waals surface area (Å²) in [7, 11) is -3.26. The molecule has 4 N–H and O–H groups in total. The van der Waals surface area contributed by atoms with Gasteiger partial charge in [-0.25, -0.2) is 13.1 Å². The molecule has 0 bridgehead atoms. The Balaban J connectivity index is 2.28. The number of benzene rings is 1. The van der Waals surface area contributed by atoms with Crippen LogP contribution in [0.3, 0.4) is 0 Å². The number of aliphatic hydroxyl groups excluding tert-OH is 1. The highest BCUT2D eigenvalue weighted by Gasteiger charge is 2.10. The molecule has 20 heavy (non-hydrogen) atoms. The Kier molecular flexibility index (Phi) is 7.36. The largest absolute Gasteiger partial charge is 0.398 e. The van der Waals surface area contributed by atoms with Crippen molar-refractivity contribution in [3.05, 3.63) is 24.3 Å². The minimum atomic E-state index is -3.26. The predicted molar refractivity (Wildman–Crippen MR) is 84.3 cm³/mol. The van der Waals surface area contributed by atoms with Crippen molar-refractivity contribution in [1.82, 2.24) is 4.72 Å². The number of anilines is 1. The van der Waals surface area contributed by atoms with E-state index >= 15 is 0 Å². The molecule has 0 heterocycles. The van der Waals surface area contributed by atoms with Gasteiger partial charge in [0, 0.05) is 22.9 Å². The summed E-state index contributed by atoms with van der Waals surface area (Å²) in [5.41, 5.74) is 6.45. The van der Waals surface area contributed by atoms with Gasteiger partial charge in [0.05, 0.1) is 11.9 Å². The molecule has 0 radical (unpaired) electrons. The first-order chi connectivity index (χ1) is 9.41. The molecule has 1 unspecified atom stereocenters. The molecule has 7 heteroatoms. The zero-order chi connectivity index (χ0) is 15.0. The predicted octanol–water partition coefficient (Wildman–Crippen LogP) is 1.44. The first kappa shape index (κ1) is 17.3. The van der Waals surface area contributed by atoms with Gasteiger partial charge in [-0.2, -0.15) is 0 Å². The van der Waals surface area contributed by atoms with E-state index in [1.807, 2.05) is 18.2 Å². The SMILES string of the molecule is CC(O)CCCNS(=O)(=O)CCSc1ccccc1N. The van der Waals surface area contributed by atoms with Crippen LogP contribution in [0, 0.1) is 0 Å². The average Bonchev–Trinajstić information content (AvgIpc) is 2.37. The molecule has 114 valence electrons. The first-order valence-corrected chi connectivity index (χ1v) is 9.17. The lowest BCUT2D eigenvalue weighted by Gasteiger charge is -2.08. The molecule has 5 nitrogen and oxygen atoms in total. The molecule has 0 amide bonds. The summed E-state index contributed by atoms with van der Waals surface area (Å²) in [4.78, 5) is 0.900. The van der Waals surface area contributed by atoms with E-state index in [-0.39, 0.29) is 5.75 Å². The quantitative estimate of drug-likeness (QED) is 0.364. The number of hydrogen-bond donors (Lipinski definition) is 3. The number of nitrogen functional groups attached to an aromatic ring is 1. The second-order valence-corrected chi connectivity index (χ2v) is 7.65. The minimum Gasteiger partial charge on any atom is -0.398 e. The van der Waals surface area contributed by atoms with Crippen molar-refractivity contribution >= 4 is 27.5 Å². The van der Waals surface area contributed by atoms with Crippen molar-refractivity contribution in [1.29, 1.82) is 0 Å². The number of thioether (sulfide) groups is 1. The Morgan fingerprint density at radius 3 is 2.75 bits per heavy atom. The fourth-order valence-corrected chi connectivity index (χ4v) is 4.01. The van der Waals surface area contributed by atoms with Gasteiger partial charge in [-0.05, 0) is 31.9 Å². The van der Waals surface area contributed by atoms with Crippen LogP contribution < -0.4 is 10.5 Å². The van der Waals surface area contributed by atoms with Crippen molar-refractivity contribution in [2.24, 2.45) is 0 Å². The maximum absolute atomic E-state index is 11.7. The zero-order valence-corrected chi connectivity index (χ0v) is 13.2. The van der Waals surface area contributed by atoms with E-state index in [9.17, 15) is 8.42 Å². The van der Waals surface area contributed by atoms with Gasteiger partial charge in [0.25, 0.3) is 0 Å². The fourth-order valence-electron chi connectivity index (χ4n) is 1.57. The van der Waals surface area contributed by atoms with E-state index in [1.165, 1.54) is 11.8 Å². The Hall–Kier alpha value is -0.760. The Labute approximate surface area is 125 Å². The van der Waals surface area contributed by atoms with Gasteiger partial charge in [0.15, 0.2) is 0 Å². The Morgan fingerprint density at radius 1 is 1.40 bits per heavy atom. The number of hydrogen-bond acceptors (Lipinski definition) is 5. The lowest BCUT2D eigenvalue weighted by molar-refractivity contribution is 0.182. The monoisotopic (exact) mass is 318 g/mol.